The van der Waals surface area contributed by atoms with Gasteiger partial charge in [0.15, 0.2) is 5.96 Å². The molecule has 0 bridgehead atoms. The Balaban J connectivity index is 0.00000300. The Morgan fingerprint density at radius 2 is 1.93 bits per heavy atom. The van der Waals surface area contributed by atoms with Crippen molar-refractivity contribution >= 4 is 35.6 Å². The lowest BCUT2D eigenvalue weighted by Crippen LogP contribution is -2.52. The highest BCUT2D eigenvalue weighted by Gasteiger charge is 2.21. The molecule has 8 heteroatoms. The van der Waals surface area contributed by atoms with E-state index in [0.717, 1.165) is 69.6 Å². The van der Waals surface area contributed by atoms with E-state index >= 15 is 0 Å². The van der Waals surface area contributed by atoms with Crippen molar-refractivity contribution in [2.75, 3.05) is 51.8 Å². The minimum Gasteiger partial charge on any atom is -0.495 e. The molecular weight excluding hydrogens is 479 g/mol. The van der Waals surface area contributed by atoms with Crippen molar-refractivity contribution in [3.63, 3.8) is 0 Å². The fourth-order valence-corrected chi connectivity index (χ4v) is 3.63. The van der Waals surface area contributed by atoms with Crippen LogP contribution in [-0.4, -0.2) is 67.3 Å². The van der Waals surface area contributed by atoms with Gasteiger partial charge in [-0.15, -0.1) is 24.0 Å². The van der Waals surface area contributed by atoms with Gasteiger partial charge in [0.25, 0.3) is 0 Å². The van der Waals surface area contributed by atoms with Crippen LogP contribution in [0.1, 0.15) is 18.7 Å². The van der Waals surface area contributed by atoms with E-state index in [1.807, 2.05) is 38.5 Å². The third-order valence-corrected chi connectivity index (χ3v) is 5.25. The molecule has 1 aliphatic heterocycles. The number of benzene rings is 1. The van der Waals surface area contributed by atoms with Gasteiger partial charge in [0, 0.05) is 58.7 Å². The standard InChI is InChI=1S/C21H32N6O.HI/c1-18-23-11-13-25(18)12-7-6-10-24-21(22-2)27-16-14-26(15-17-27)19-8-4-5-9-20(19)28-3;/h4-5,8-9,11,13H,6-7,10,12,14-17H2,1-3H3,(H,22,24);1H. The average molecular weight is 512 g/mol. The predicted molar refractivity (Wildman–Crippen MR) is 130 cm³/mol. The smallest absolute Gasteiger partial charge is 0.193 e. The molecule has 3 rings (SSSR count). The van der Waals surface area contributed by atoms with Gasteiger partial charge in [-0.3, -0.25) is 4.99 Å². The monoisotopic (exact) mass is 512 g/mol. The number of guanidine groups is 1. The van der Waals surface area contributed by atoms with E-state index in [9.17, 15) is 0 Å². The minimum absolute atomic E-state index is 0. The zero-order chi connectivity index (χ0) is 19.8. The van der Waals surface area contributed by atoms with Crippen LogP contribution in [0.3, 0.4) is 0 Å². The lowest BCUT2D eigenvalue weighted by atomic mass is 10.2. The number of aromatic nitrogens is 2. The van der Waals surface area contributed by atoms with Gasteiger partial charge in [-0.1, -0.05) is 12.1 Å². The lowest BCUT2D eigenvalue weighted by molar-refractivity contribution is 0.366. The first-order chi connectivity index (χ1) is 13.7. The van der Waals surface area contributed by atoms with Crippen LogP contribution in [0.15, 0.2) is 41.7 Å². The van der Waals surface area contributed by atoms with Crippen LogP contribution in [0.2, 0.25) is 0 Å². The zero-order valence-electron chi connectivity index (χ0n) is 17.7. The number of unbranched alkanes of at least 4 members (excludes halogenated alkanes) is 1. The molecule has 0 radical (unpaired) electrons. The van der Waals surface area contributed by atoms with Crippen molar-refractivity contribution in [2.45, 2.75) is 26.3 Å². The number of hydrogen-bond acceptors (Lipinski definition) is 4. The fourth-order valence-electron chi connectivity index (χ4n) is 3.63. The summed E-state index contributed by atoms with van der Waals surface area (Å²) in [5.74, 6) is 3.02. The average Bonchev–Trinajstić information content (AvgIpc) is 3.15. The number of ether oxygens (including phenoxy) is 1. The van der Waals surface area contributed by atoms with Crippen molar-refractivity contribution < 1.29 is 4.74 Å². The Bertz CT molecular complexity index is 770. The van der Waals surface area contributed by atoms with E-state index in [1.54, 1.807) is 7.11 Å². The van der Waals surface area contributed by atoms with Gasteiger partial charge < -0.3 is 24.4 Å². The van der Waals surface area contributed by atoms with E-state index in [-0.39, 0.29) is 24.0 Å². The molecule has 0 unspecified atom stereocenters. The van der Waals surface area contributed by atoms with Crippen LogP contribution < -0.4 is 15.0 Å². The Morgan fingerprint density at radius 3 is 2.59 bits per heavy atom. The number of methoxy groups -OCH3 is 1. The molecule has 160 valence electrons. The molecule has 0 amide bonds. The predicted octanol–water partition coefficient (Wildman–Crippen LogP) is 3.00. The summed E-state index contributed by atoms with van der Waals surface area (Å²) in [4.78, 5) is 13.5. The van der Waals surface area contributed by atoms with E-state index in [2.05, 4.69) is 41.8 Å². The highest BCUT2D eigenvalue weighted by Crippen LogP contribution is 2.28. The fraction of sp³-hybridized carbons (Fsp3) is 0.524. The zero-order valence-corrected chi connectivity index (χ0v) is 20.0. The number of nitrogens with zero attached hydrogens (tertiary/aromatic N) is 5. The van der Waals surface area contributed by atoms with Gasteiger partial charge in [-0.2, -0.15) is 0 Å². The summed E-state index contributed by atoms with van der Waals surface area (Å²) < 4.78 is 7.71. The second-order valence-electron chi connectivity index (χ2n) is 6.99. The molecule has 0 aliphatic carbocycles. The van der Waals surface area contributed by atoms with Gasteiger partial charge in [-0.05, 0) is 31.9 Å². The Morgan fingerprint density at radius 1 is 1.17 bits per heavy atom. The topological polar surface area (TPSA) is 57.9 Å². The number of aliphatic imine (C=N–C) groups is 1. The first-order valence-corrected chi connectivity index (χ1v) is 10.0. The molecule has 1 aromatic heterocycles. The van der Waals surface area contributed by atoms with E-state index in [1.165, 1.54) is 5.69 Å². The second-order valence-corrected chi connectivity index (χ2v) is 6.99. The number of rotatable bonds is 7. The lowest BCUT2D eigenvalue weighted by Gasteiger charge is -2.38. The summed E-state index contributed by atoms with van der Waals surface area (Å²) >= 11 is 0. The van der Waals surface area contributed by atoms with Crippen LogP contribution in [0, 0.1) is 6.92 Å². The van der Waals surface area contributed by atoms with Crippen molar-refractivity contribution in [3.05, 3.63) is 42.5 Å². The van der Waals surface area contributed by atoms with Gasteiger partial charge in [0.05, 0.1) is 12.8 Å². The summed E-state index contributed by atoms with van der Waals surface area (Å²) in [6, 6.07) is 8.23. The minimum atomic E-state index is 0. The molecule has 1 saturated heterocycles. The number of imidazole rings is 1. The van der Waals surface area contributed by atoms with Crippen LogP contribution in [0.4, 0.5) is 5.69 Å². The number of nitrogens with one attached hydrogen (secondary N) is 1. The molecule has 2 aromatic rings. The number of hydrogen-bond donors (Lipinski definition) is 1. The highest BCUT2D eigenvalue weighted by molar-refractivity contribution is 14.0. The normalized spacial score (nSPS) is 14.5. The molecule has 29 heavy (non-hydrogen) atoms. The molecule has 0 atom stereocenters. The summed E-state index contributed by atoms with van der Waals surface area (Å²) in [5, 5.41) is 3.52. The van der Waals surface area contributed by atoms with Crippen LogP contribution in [0.5, 0.6) is 5.75 Å². The maximum absolute atomic E-state index is 5.51. The summed E-state index contributed by atoms with van der Waals surface area (Å²) in [6.45, 7) is 7.82. The van der Waals surface area contributed by atoms with Crippen LogP contribution in [0.25, 0.3) is 0 Å². The first-order valence-electron chi connectivity index (χ1n) is 10.0. The molecule has 1 aliphatic rings. The number of para-hydroxylation sites is 2. The largest absolute Gasteiger partial charge is 0.495 e. The Labute approximate surface area is 191 Å². The van der Waals surface area contributed by atoms with Crippen molar-refractivity contribution in [3.8, 4) is 5.75 Å². The maximum atomic E-state index is 5.51. The van der Waals surface area contributed by atoms with Gasteiger partial charge in [0.2, 0.25) is 0 Å². The molecule has 2 heterocycles. The quantitative estimate of drug-likeness (QED) is 0.268. The van der Waals surface area contributed by atoms with Crippen molar-refractivity contribution in [1.29, 1.82) is 0 Å². The second kappa shape index (κ2) is 11.9. The summed E-state index contributed by atoms with van der Waals surface area (Å²) in [7, 11) is 3.60. The van der Waals surface area contributed by atoms with Crippen LogP contribution >= 0.6 is 24.0 Å². The number of piperazine rings is 1. The van der Waals surface area contributed by atoms with Crippen molar-refractivity contribution in [2.24, 2.45) is 4.99 Å². The van der Waals surface area contributed by atoms with E-state index < -0.39 is 0 Å². The number of aryl methyl sites for hydroxylation is 2. The summed E-state index contributed by atoms with van der Waals surface area (Å²) in [5.41, 5.74) is 1.17. The molecule has 1 N–H and O–H groups in total. The Hall–Kier alpha value is -1.97. The molecule has 1 fully saturated rings. The van der Waals surface area contributed by atoms with E-state index in [0.29, 0.717) is 0 Å². The first kappa shape index (κ1) is 23.3. The Kier molecular flexibility index (Phi) is 9.56. The molecular formula is C21H33IN6O. The van der Waals surface area contributed by atoms with E-state index in [4.69, 9.17) is 4.74 Å². The van der Waals surface area contributed by atoms with Crippen molar-refractivity contribution in [1.82, 2.24) is 19.8 Å². The van der Waals surface area contributed by atoms with Crippen LogP contribution in [-0.2, 0) is 6.54 Å². The molecule has 0 spiro atoms. The number of halogens is 1. The van der Waals surface area contributed by atoms with Gasteiger partial charge in [0.1, 0.15) is 11.6 Å². The number of anilines is 1. The van der Waals surface area contributed by atoms with Gasteiger partial charge >= 0.3 is 0 Å². The molecule has 7 nitrogen and oxygen atoms in total. The third-order valence-electron chi connectivity index (χ3n) is 5.25. The molecule has 1 aromatic carbocycles. The highest BCUT2D eigenvalue weighted by atomic mass is 127. The molecule has 0 saturated carbocycles. The third kappa shape index (κ3) is 6.25. The van der Waals surface area contributed by atoms with Gasteiger partial charge in [-0.25, -0.2) is 4.98 Å². The maximum Gasteiger partial charge on any atom is 0.193 e. The SMILES string of the molecule is CN=C(NCCCCn1ccnc1C)N1CCN(c2ccccc2OC)CC1.I. The summed E-state index contributed by atoms with van der Waals surface area (Å²) in [6.07, 6.45) is 6.14.